The molecule has 0 aliphatic rings. The van der Waals surface area contributed by atoms with Crippen molar-refractivity contribution in [3.8, 4) is 0 Å². The number of amides is 2. The number of rotatable bonds is 8. The lowest BCUT2D eigenvalue weighted by Crippen LogP contribution is -2.48. The third-order valence-electron chi connectivity index (χ3n) is 4.75. The number of pyridine rings is 1. The van der Waals surface area contributed by atoms with Gasteiger partial charge in [-0.15, -0.1) is 0 Å². The molecule has 1 aromatic heterocycles. The van der Waals surface area contributed by atoms with Gasteiger partial charge in [0.25, 0.3) is 0 Å². The second-order valence-electron chi connectivity index (χ2n) is 6.92. The van der Waals surface area contributed by atoms with E-state index in [0.29, 0.717) is 13.1 Å². The van der Waals surface area contributed by atoms with E-state index in [1.54, 1.807) is 24.2 Å². The molecule has 0 aliphatic carbocycles. The summed E-state index contributed by atoms with van der Waals surface area (Å²) in [5, 5.41) is 2.91. The lowest BCUT2D eigenvalue weighted by atomic mass is 10.1. The second kappa shape index (κ2) is 10.2. The number of hydrogen-bond acceptors (Lipinski definition) is 3. The normalized spacial score (nSPS) is 11.5. The van der Waals surface area contributed by atoms with Crippen LogP contribution in [0.25, 0.3) is 0 Å². The van der Waals surface area contributed by atoms with Crippen LogP contribution in [0.3, 0.4) is 0 Å². The molecule has 1 N–H and O–H groups in total. The second-order valence-corrected chi connectivity index (χ2v) is 6.92. The van der Waals surface area contributed by atoms with Crippen LogP contribution in [0.2, 0.25) is 0 Å². The van der Waals surface area contributed by atoms with Crippen LogP contribution in [0.4, 0.5) is 0 Å². The Bertz CT molecular complexity index is 915. The maximum atomic E-state index is 13.1. The highest BCUT2D eigenvalue weighted by Crippen LogP contribution is 2.12. The molecule has 2 aromatic carbocycles. The molecular weight excluding hydrogens is 362 g/mol. The van der Waals surface area contributed by atoms with Gasteiger partial charge < -0.3 is 10.2 Å². The van der Waals surface area contributed by atoms with Crippen LogP contribution in [0.5, 0.6) is 0 Å². The first kappa shape index (κ1) is 20.3. The Balaban J connectivity index is 1.71. The molecule has 0 saturated heterocycles. The molecular formula is C24H25N3O2. The van der Waals surface area contributed by atoms with Gasteiger partial charge in [-0.05, 0) is 29.7 Å². The zero-order valence-electron chi connectivity index (χ0n) is 16.5. The molecule has 5 nitrogen and oxygen atoms in total. The number of nitrogens with one attached hydrogen (secondary N) is 1. The molecule has 0 bridgehead atoms. The summed E-state index contributed by atoms with van der Waals surface area (Å²) in [6.45, 7) is 2.53. The van der Waals surface area contributed by atoms with E-state index < -0.39 is 6.04 Å². The zero-order chi connectivity index (χ0) is 20.5. The Hall–Kier alpha value is -3.47. The van der Waals surface area contributed by atoms with E-state index in [2.05, 4.69) is 10.3 Å². The third-order valence-corrected chi connectivity index (χ3v) is 4.75. The van der Waals surface area contributed by atoms with Gasteiger partial charge in [0.05, 0.1) is 6.42 Å². The molecule has 3 rings (SSSR count). The van der Waals surface area contributed by atoms with Crippen LogP contribution < -0.4 is 5.32 Å². The summed E-state index contributed by atoms with van der Waals surface area (Å²) in [6, 6.07) is 22.4. The van der Waals surface area contributed by atoms with Crippen molar-refractivity contribution in [1.29, 1.82) is 0 Å². The van der Waals surface area contributed by atoms with Crippen LogP contribution in [0.15, 0.2) is 85.2 Å². The molecule has 1 heterocycles. The average molecular weight is 387 g/mol. The smallest absolute Gasteiger partial charge is 0.242 e. The van der Waals surface area contributed by atoms with Gasteiger partial charge in [-0.2, -0.15) is 0 Å². The number of aromatic nitrogens is 1. The minimum absolute atomic E-state index is 0.0796. The van der Waals surface area contributed by atoms with Crippen molar-refractivity contribution in [2.75, 3.05) is 0 Å². The van der Waals surface area contributed by atoms with Gasteiger partial charge >= 0.3 is 0 Å². The molecule has 1 atom stereocenters. The van der Waals surface area contributed by atoms with E-state index in [1.165, 1.54) is 0 Å². The van der Waals surface area contributed by atoms with Crippen molar-refractivity contribution in [3.63, 3.8) is 0 Å². The van der Waals surface area contributed by atoms with Gasteiger partial charge in [-0.3, -0.25) is 14.6 Å². The van der Waals surface area contributed by atoms with Crippen molar-refractivity contribution < 1.29 is 9.59 Å². The molecule has 29 heavy (non-hydrogen) atoms. The number of benzene rings is 2. The summed E-state index contributed by atoms with van der Waals surface area (Å²) in [5.41, 5.74) is 2.83. The topological polar surface area (TPSA) is 62.3 Å². The number of nitrogens with zero attached hydrogens (tertiary/aromatic N) is 2. The standard InChI is InChI=1S/C24H25N3O2/c1-19(24(29)26-17-22-13-8-14-25-16-22)27(18-21-11-6-3-7-12-21)23(28)15-20-9-4-2-5-10-20/h2-14,16,19H,15,17-18H2,1H3,(H,26,29)/t19-/m1/s1. The van der Waals surface area contributed by atoms with Gasteiger partial charge in [-0.1, -0.05) is 66.7 Å². The molecule has 3 aromatic rings. The maximum absolute atomic E-state index is 13.1. The summed E-state index contributed by atoms with van der Waals surface area (Å²) in [5.74, 6) is -0.268. The van der Waals surface area contributed by atoms with E-state index in [1.807, 2.05) is 72.8 Å². The maximum Gasteiger partial charge on any atom is 0.242 e. The van der Waals surface area contributed by atoms with Gasteiger partial charge in [0, 0.05) is 25.5 Å². The summed E-state index contributed by atoms with van der Waals surface area (Å²) in [6.07, 6.45) is 3.67. The predicted octanol–water partition coefficient (Wildman–Crippen LogP) is 3.36. The fourth-order valence-electron chi connectivity index (χ4n) is 3.07. The fraction of sp³-hybridized carbons (Fsp3) is 0.208. The monoisotopic (exact) mass is 387 g/mol. The summed E-state index contributed by atoms with van der Waals surface area (Å²) >= 11 is 0. The lowest BCUT2D eigenvalue weighted by Gasteiger charge is -2.29. The Labute approximate surface area is 171 Å². The first-order chi connectivity index (χ1) is 14.1. The Kier molecular flexibility index (Phi) is 7.11. The van der Waals surface area contributed by atoms with Gasteiger partial charge in [-0.25, -0.2) is 0 Å². The fourth-order valence-corrected chi connectivity index (χ4v) is 3.07. The average Bonchev–Trinajstić information content (AvgIpc) is 2.77. The Morgan fingerprint density at radius 1 is 0.897 bits per heavy atom. The number of carbonyl (C=O) groups is 2. The molecule has 0 aliphatic heterocycles. The van der Waals surface area contributed by atoms with Crippen LogP contribution in [0.1, 0.15) is 23.6 Å². The van der Waals surface area contributed by atoms with E-state index in [4.69, 9.17) is 0 Å². The van der Waals surface area contributed by atoms with Crippen molar-refractivity contribution in [1.82, 2.24) is 15.2 Å². The highest BCUT2D eigenvalue weighted by Gasteiger charge is 2.26. The van der Waals surface area contributed by atoms with E-state index in [9.17, 15) is 9.59 Å². The Morgan fingerprint density at radius 3 is 2.14 bits per heavy atom. The van der Waals surface area contributed by atoms with Gasteiger partial charge in [0.15, 0.2) is 0 Å². The minimum Gasteiger partial charge on any atom is -0.350 e. The summed E-state index contributed by atoms with van der Waals surface area (Å²) in [4.78, 5) is 31.6. The molecule has 2 amide bonds. The molecule has 0 unspecified atom stereocenters. The van der Waals surface area contributed by atoms with Crippen molar-refractivity contribution in [2.24, 2.45) is 0 Å². The van der Waals surface area contributed by atoms with Crippen LogP contribution in [-0.4, -0.2) is 27.7 Å². The molecule has 0 spiro atoms. The van der Waals surface area contributed by atoms with Crippen LogP contribution in [-0.2, 0) is 29.1 Å². The van der Waals surface area contributed by atoms with Crippen molar-refractivity contribution in [3.05, 3.63) is 102 Å². The van der Waals surface area contributed by atoms with E-state index in [-0.39, 0.29) is 18.2 Å². The SMILES string of the molecule is C[C@H](C(=O)NCc1cccnc1)N(Cc1ccccc1)C(=O)Cc1ccccc1. The largest absolute Gasteiger partial charge is 0.350 e. The molecule has 148 valence electrons. The van der Waals surface area contributed by atoms with Crippen LogP contribution >= 0.6 is 0 Å². The number of hydrogen-bond donors (Lipinski definition) is 1. The highest BCUT2D eigenvalue weighted by molar-refractivity contribution is 5.88. The van der Waals surface area contributed by atoms with Crippen LogP contribution in [0, 0.1) is 0 Å². The minimum atomic E-state index is -0.594. The zero-order valence-corrected chi connectivity index (χ0v) is 16.5. The summed E-state index contributed by atoms with van der Waals surface area (Å²) < 4.78 is 0. The van der Waals surface area contributed by atoms with Gasteiger partial charge in [0.1, 0.15) is 6.04 Å². The molecule has 0 fully saturated rings. The van der Waals surface area contributed by atoms with E-state index >= 15 is 0 Å². The lowest BCUT2D eigenvalue weighted by molar-refractivity contribution is -0.140. The number of carbonyl (C=O) groups excluding carboxylic acids is 2. The third kappa shape index (κ3) is 6.01. The molecule has 5 heteroatoms. The first-order valence-electron chi connectivity index (χ1n) is 9.67. The van der Waals surface area contributed by atoms with Crippen molar-refractivity contribution >= 4 is 11.8 Å². The predicted molar refractivity (Wildman–Crippen MR) is 113 cm³/mol. The van der Waals surface area contributed by atoms with Gasteiger partial charge in [0.2, 0.25) is 11.8 Å². The van der Waals surface area contributed by atoms with E-state index in [0.717, 1.165) is 16.7 Å². The Morgan fingerprint density at radius 2 is 1.52 bits per heavy atom. The molecule has 0 saturated carbocycles. The first-order valence-corrected chi connectivity index (χ1v) is 9.67. The summed E-state index contributed by atoms with van der Waals surface area (Å²) in [7, 11) is 0. The molecule has 0 radical (unpaired) electrons. The highest BCUT2D eigenvalue weighted by atomic mass is 16.2. The quantitative estimate of drug-likeness (QED) is 0.645. The van der Waals surface area contributed by atoms with Crippen molar-refractivity contribution in [2.45, 2.75) is 32.5 Å².